The van der Waals surface area contributed by atoms with Crippen molar-refractivity contribution in [2.45, 2.75) is 12.5 Å². The van der Waals surface area contributed by atoms with Gasteiger partial charge in [0.15, 0.2) is 0 Å². The first kappa shape index (κ1) is 18.5. The minimum atomic E-state index is -0.713. The van der Waals surface area contributed by atoms with Gasteiger partial charge in [0, 0.05) is 12.1 Å². The van der Waals surface area contributed by atoms with Gasteiger partial charge in [-0.2, -0.15) is 0 Å². The molecule has 3 amide bonds. The lowest BCUT2D eigenvalue weighted by atomic mass is 10.0. The van der Waals surface area contributed by atoms with E-state index < -0.39 is 23.8 Å². The van der Waals surface area contributed by atoms with Crippen LogP contribution in [-0.2, 0) is 9.59 Å². The van der Waals surface area contributed by atoms with Crippen LogP contribution >= 0.6 is 34.8 Å². The molecule has 26 heavy (non-hydrogen) atoms. The minimum Gasteiger partial charge on any atom is -0.331 e. The number of hydrogen-bond acceptors (Lipinski definition) is 3. The predicted octanol–water partition coefficient (Wildman–Crippen LogP) is 4.42. The quantitative estimate of drug-likeness (QED) is 0.504. The van der Waals surface area contributed by atoms with Gasteiger partial charge >= 0.3 is 6.03 Å². The van der Waals surface area contributed by atoms with Crippen LogP contribution < -0.4 is 16.0 Å². The number of amides is 3. The minimum absolute atomic E-state index is 0.100. The van der Waals surface area contributed by atoms with Gasteiger partial charge in [-0.3, -0.25) is 9.59 Å². The van der Waals surface area contributed by atoms with E-state index >= 15 is 0 Å². The highest BCUT2D eigenvalue weighted by Crippen LogP contribution is 2.36. The summed E-state index contributed by atoms with van der Waals surface area (Å²) in [4.78, 5) is 36.1. The molecule has 0 radical (unpaired) electrons. The maximum absolute atomic E-state index is 12.4. The van der Waals surface area contributed by atoms with Gasteiger partial charge in [0.05, 0.1) is 26.8 Å². The number of carbonyl (C=O) groups is 3. The number of urea groups is 1. The van der Waals surface area contributed by atoms with Crippen molar-refractivity contribution in [2.24, 2.45) is 0 Å². The van der Waals surface area contributed by atoms with Crippen molar-refractivity contribution in [3.05, 3.63) is 57.0 Å². The van der Waals surface area contributed by atoms with Crippen LogP contribution in [0.2, 0.25) is 15.1 Å². The number of benzene rings is 2. The van der Waals surface area contributed by atoms with Crippen LogP contribution in [0.5, 0.6) is 0 Å². The van der Waals surface area contributed by atoms with E-state index in [0.717, 1.165) is 0 Å². The highest BCUT2D eigenvalue weighted by molar-refractivity contribution is 6.49. The first-order valence-corrected chi connectivity index (χ1v) is 8.64. The van der Waals surface area contributed by atoms with Gasteiger partial charge < -0.3 is 16.0 Å². The SMILES string of the molecule is O=C(Nc1ccc(Cl)c(Cl)c1Cl)NC1CC(=O)C(=O)Nc2ccccc21. The fourth-order valence-corrected chi connectivity index (χ4v) is 3.15. The molecular formula is C17H12Cl3N3O3. The normalized spacial score (nSPS) is 16.3. The molecule has 0 bridgehead atoms. The topological polar surface area (TPSA) is 87.3 Å². The van der Waals surface area contributed by atoms with E-state index in [1.54, 1.807) is 24.3 Å². The van der Waals surface area contributed by atoms with Crippen molar-refractivity contribution >= 4 is 63.9 Å². The number of fused-ring (bicyclic) bond motifs is 1. The first-order chi connectivity index (χ1) is 12.4. The monoisotopic (exact) mass is 411 g/mol. The number of para-hydroxylation sites is 1. The Labute approximate surface area is 163 Å². The third-order valence-corrected chi connectivity index (χ3v) is 5.11. The smallest absolute Gasteiger partial charge is 0.319 e. The van der Waals surface area contributed by atoms with Crippen molar-refractivity contribution in [3.63, 3.8) is 0 Å². The molecule has 1 aliphatic rings. The molecule has 2 aromatic rings. The summed E-state index contributed by atoms with van der Waals surface area (Å²) in [6.45, 7) is 0. The fraction of sp³-hybridized carbons (Fsp3) is 0.118. The molecule has 0 saturated heterocycles. The lowest BCUT2D eigenvalue weighted by Gasteiger charge is -2.19. The van der Waals surface area contributed by atoms with Crippen LogP contribution in [0, 0.1) is 0 Å². The Balaban J connectivity index is 1.82. The zero-order valence-electron chi connectivity index (χ0n) is 13.1. The Morgan fingerprint density at radius 3 is 2.54 bits per heavy atom. The Kier molecular flexibility index (Phi) is 5.36. The standard InChI is InChI=1S/C17H12Cl3N3O3/c18-9-5-6-11(15(20)14(9)19)22-17(26)23-12-7-13(24)16(25)21-10-4-2-1-3-8(10)12/h1-6,12H,7H2,(H,21,25)(H2,22,23,26). The van der Waals surface area contributed by atoms with Crippen molar-refractivity contribution in [1.82, 2.24) is 5.32 Å². The average molecular weight is 413 g/mol. The number of rotatable bonds is 2. The maximum atomic E-state index is 12.4. The molecule has 1 heterocycles. The zero-order chi connectivity index (χ0) is 18.8. The lowest BCUT2D eigenvalue weighted by molar-refractivity contribution is -0.134. The molecular weight excluding hydrogens is 401 g/mol. The molecule has 3 N–H and O–H groups in total. The van der Waals surface area contributed by atoms with E-state index in [0.29, 0.717) is 11.3 Å². The number of hydrogen-bond donors (Lipinski definition) is 3. The molecule has 1 aliphatic heterocycles. The van der Waals surface area contributed by atoms with Gasteiger partial charge in [-0.25, -0.2) is 4.79 Å². The van der Waals surface area contributed by atoms with E-state index in [2.05, 4.69) is 16.0 Å². The van der Waals surface area contributed by atoms with Crippen LogP contribution in [0.4, 0.5) is 16.2 Å². The van der Waals surface area contributed by atoms with E-state index in [1.807, 2.05) is 0 Å². The Bertz CT molecular complexity index is 917. The van der Waals surface area contributed by atoms with Crippen LogP contribution in [0.1, 0.15) is 18.0 Å². The Hall–Kier alpha value is -2.28. The highest BCUT2D eigenvalue weighted by atomic mass is 35.5. The van der Waals surface area contributed by atoms with Gasteiger partial charge in [-0.15, -0.1) is 0 Å². The van der Waals surface area contributed by atoms with Crippen molar-refractivity contribution in [3.8, 4) is 0 Å². The summed E-state index contributed by atoms with van der Waals surface area (Å²) < 4.78 is 0. The number of carbonyl (C=O) groups excluding carboxylic acids is 3. The summed E-state index contributed by atoms with van der Waals surface area (Å²) in [5.74, 6) is -1.34. The van der Waals surface area contributed by atoms with E-state index in [9.17, 15) is 14.4 Å². The summed E-state index contributed by atoms with van der Waals surface area (Å²) in [5, 5.41) is 8.25. The zero-order valence-corrected chi connectivity index (χ0v) is 15.4. The molecule has 0 spiro atoms. The molecule has 134 valence electrons. The number of ketones is 1. The summed E-state index contributed by atoms with van der Waals surface area (Å²) in [5.41, 5.74) is 1.37. The van der Waals surface area contributed by atoms with Crippen LogP contribution in [0.15, 0.2) is 36.4 Å². The van der Waals surface area contributed by atoms with Crippen LogP contribution in [-0.4, -0.2) is 17.7 Å². The molecule has 2 aromatic carbocycles. The third kappa shape index (κ3) is 3.77. The summed E-state index contributed by atoms with van der Waals surface area (Å²) in [6.07, 6.45) is -0.161. The second-order valence-corrected chi connectivity index (χ2v) is 6.71. The molecule has 0 saturated carbocycles. The number of anilines is 2. The molecule has 0 aromatic heterocycles. The highest BCUT2D eigenvalue weighted by Gasteiger charge is 2.29. The molecule has 0 aliphatic carbocycles. The van der Waals surface area contributed by atoms with Crippen molar-refractivity contribution in [2.75, 3.05) is 10.6 Å². The second-order valence-electron chi connectivity index (χ2n) is 5.54. The summed E-state index contributed by atoms with van der Waals surface area (Å²) >= 11 is 17.9. The van der Waals surface area contributed by atoms with Crippen LogP contribution in [0.25, 0.3) is 0 Å². The Morgan fingerprint density at radius 2 is 1.77 bits per heavy atom. The first-order valence-electron chi connectivity index (χ1n) is 7.51. The van der Waals surface area contributed by atoms with Gasteiger partial charge in [-0.1, -0.05) is 53.0 Å². The number of nitrogens with one attached hydrogen (secondary N) is 3. The third-order valence-electron chi connectivity index (χ3n) is 3.82. The van der Waals surface area contributed by atoms with Gasteiger partial charge in [0.1, 0.15) is 0 Å². The molecule has 0 fully saturated rings. The largest absolute Gasteiger partial charge is 0.331 e. The van der Waals surface area contributed by atoms with Crippen LogP contribution in [0.3, 0.4) is 0 Å². The van der Waals surface area contributed by atoms with Gasteiger partial charge in [0.2, 0.25) is 5.78 Å². The lowest BCUT2D eigenvalue weighted by Crippen LogP contribution is -2.34. The number of halogens is 3. The second kappa shape index (κ2) is 7.53. The van der Waals surface area contributed by atoms with Crippen molar-refractivity contribution in [1.29, 1.82) is 0 Å². The molecule has 3 rings (SSSR count). The molecule has 9 heteroatoms. The molecule has 1 atom stereocenters. The van der Waals surface area contributed by atoms with Gasteiger partial charge in [-0.05, 0) is 23.8 Å². The van der Waals surface area contributed by atoms with Crippen molar-refractivity contribution < 1.29 is 14.4 Å². The number of Topliss-reactive ketones (excluding diaryl/α,β-unsaturated/α-hetero) is 1. The van der Waals surface area contributed by atoms with E-state index in [1.165, 1.54) is 12.1 Å². The Morgan fingerprint density at radius 1 is 1.04 bits per heavy atom. The predicted molar refractivity (Wildman–Crippen MR) is 101 cm³/mol. The molecule has 6 nitrogen and oxygen atoms in total. The van der Waals surface area contributed by atoms with E-state index in [-0.39, 0.29) is 27.2 Å². The summed E-state index contributed by atoms with van der Waals surface area (Å²) in [7, 11) is 0. The average Bonchev–Trinajstić information content (AvgIpc) is 2.72. The fourth-order valence-electron chi connectivity index (χ4n) is 2.56. The van der Waals surface area contributed by atoms with E-state index in [4.69, 9.17) is 34.8 Å². The summed E-state index contributed by atoms with van der Waals surface area (Å²) in [6, 6.07) is 8.59. The maximum Gasteiger partial charge on any atom is 0.319 e. The van der Waals surface area contributed by atoms with Gasteiger partial charge in [0.25, 0.3) is 5.91 Å². The molecule has 1 unspecified atom stereocenters.